The van der Waals surface area contributed by atoms with E-state index in [0.717, 1.165) is 24.3 Å². The number of carbonyl (C=O) groups is 3. The maximum Gasteiger partial charge on any atom is 0.471 e. The molecule has 1 aliphatic rings. The molecule has 11 nitrogen and oxygen atoms in total. The van der Waals surface area contributed by atoms with Crippen molar-refractivity contribution in [3.05, 3.63) is 40.2 Å². The normalized spacial score (nSPS) is 16.9. The van der Waals surface area contributed by atoms with Gasteiger partial charge in [0, 0.05) is 17.8 Å². The molecule has 1 aromatic heterocycles. The number of aromatic carboxylic acids is 1. The summed E-state index contributed by atoms with van der Waals surface area (Å²) in [6, 6.07) is 4.27. The van der Waals surface area contributed by atoms with E-state index in [1.807, 2.05) is 0 Å². The number of nitrogens with zero attached hydrogens (tertiary/aromatic N) is 3. The van der Waals surface area contributed by atoms with Gasteiger partial charge in [-0.2, -0.15) is 18.2 Å². The number of hydrogen-bond acceptors (Lipinski definition) is 7. The highest BCUT2D eigenvalue weighted by Gasteiger charge is 2.45. The van der Waals surface area contributed by atoms with E-state index in [4.69, 9.17) is 5.11 Å². The zero-order valence-electron chi connectivity index (χ0n) is 18.7. The Morgan fingerprint density at radius 1 is 1.20 bits per heavy atom. The summed E-state index contributed by atoms with van der Waals surface area (Å²) < 4.78 is 40.0. The van der Waals surface area contributed by atoms with Gasteiger partial charge < -0.3 is 15.3 Å². The second kappa shape index (κ2) is 9.19. The van der Waals surface area contributed by atoms with Crippen molar-refractivity contribution in [3.63, 3.8) is 0 Å². The number of carboxylic acids is 1. The zero-order valence-corrected chi connectivity index (χ0v) is 18.7. The highest BCUT2D eigenvalue weighted by atomic mass is 19.4. The van der Waals surface area contributed by atoms with Crippen LogP contribution in [0.2, 0.25) is 0 Å². The van der Waals surface area contributed by atoms with Gasteiger partial charge in [-0.15, -0.1) is 0 Å². The number of carboxylic acid groups (broad SMARTS) is 1. The first kappa shape index (κ1) is 25.4. The fourth-order valence-corrected chi connectivity index (χ4v) is 3.14. The number of H-pyrrole nitrogens is 1. The van der Waals surface area contributed by atoms with E-state index in [0.29, 0.717) is 4.90 Å². The summed E-state index contributed by atoms with van der Waals surface area (Å²) in [6.45, 7) is 4.07. The van der Waals surface area contributed by atoms with Crippen LogP contribution >= 0.6 is 0 Å². The molecule has 186 valence electrons. The Hall–Kier alpha value is -4.23. The van der Waals surface area contributed by atoms with Crippen LogP contribution in [-0.2, 0) is 9.59 Å². The van der Waals surface area contributed by atoms with E-state index in [2.05, 4.69) is 25.6 Å². The van der Waals surface area contributed by atoms with Crippen LogP contribution in [0.15, 0.2) is 34.1 Å². The first-order valence-electron chi connectivity index (χ1n) is 10.2. The van der Waals surface area contributed by atoms with Crippen molar-refractivity contribution in [1.82, 2.24) is 9.97 Å². The van der Waals surface area contributed by atoms with Gasteiger partial charge in [-0.25, -0.2) is 9.79 Å². The summed E-state index contributed by atoms with van der Waals surface area (Å²) in [5, 5.41) is 14.2. The van der Waals surface area contributed by atoms with Gasteiger partial charge in [0.25, 0.3) is 5.56 Å². The molecule has 0 bridgehead atoms. The van der Waals surface area contributed by atoms with Crippen LogP contribution in [0, 0.1) is 5.92 Å². The predicted octanol–water partition coefficient (Wildman–Crippen LogP) is 2.54. The fourth-order valence-electron chi connectivity index (χ4n) is 3.14. The molecule has 0 spiro atoms. The van der Waals surface area contributed by atoms with Crippen LogP contribution in [0.3, 0.4) is 0 Å². The maximum absolute atomic E-state index is 13.3. The topological polar surface area (TPSA) is 157 Å². The third-order valence-electron chi connectivity index (χ3n) is 4.95. The molecule has 3 rings (SSSR count). The average molecular weight is 494 g/mol. The molecular formula is C21H21F3N6O5. The average Bonchev–Trinajstić information content (AvgIpc) is 2.77. The van der Waals surface area contributed by atoms with Crippen molar-refractivity contribution in [2.75, 3.05) is 22.1 Å². The highest BCUT2D eigenvalue weighted by Crippen LogP contribution is 2.31. The van der Waals surface area contributed by atoms with Gasteiger partial charge in [0.1, 0.15) is 5.69 Å². The molecule has 0 aliphatic carbocycles. The van der Waals surface area contributed by atoms with E-state index in [1.165, 1.54) is 13.1 Å². The second-order valence-corrected chi connectivity index (χ2v) is 8.30. The number of aromatic nitrogens is 2. The lowest BCUT2D eigenvalue weighted by Crippen LogP contribution is -2.54. The smallest absolute Gasteiger partial charge is 0.471 e. The highest BCUT2D eigenvalue weighted by molar-refractivity contribution is 5.99. The molecule has 0 saturated heterocycles. The number of anilines is 3. The summed E-state index contributed by atoms with van der Waals surface area (Å²) in [6.07, 6.45) is -4.04. The van der Waals surface area contributed by atoms with Crippen molar-refractivity contribution in [2.45, 2.75) is 32.5 Å². The van der Waals surface area contributed by atoms with Gasteiger partial charge >= 0.3 is 18.1 Å². The molecular weight excluding hydrogens is 473 g/mol. The number of hydrogen-bond donors (Lipinski definition) is 4. The zero-order chi connectivity index (χ0) is 26.1. The maximum atomic E-state index is 13.3. The number of fused-ring (bicyclic) bond motifs is 1. The van der Waals surface area contributed by atoms with Gasteiger partial charge in [-0.05, 0) is 31.2 Å². The number of aromatic amines is 1. The first-order chi connectivity index (χ1) is 16.2. The summed E-state index contributed by atoms with van der Waals surface area (Å²) in [5.74, 6) is -4.52. The Kier molecular flexibility index (Phi) is 6.67. The lowest BCUT2D eigenvalue weighted by Gasteiger charge is -2.36. The van der Waals surface area contributed by atoms with Gasteiger partial charge in [0.05, 0.1) is 17.6 Å². The minimum atomic E-state index is -5.23. The molecule has 1 atom stereocenters. The number of halogens is 3. The van der Waals surface area contributed by atoms with Crippen molar-refractivity contribution >= 4 is 47.1 Å². The van der Waals surface area contributed by atoms with Crippen molar-refractivity contribution in [2.24, 2.45) is 10.9 Å². The third-order valence-corrected chi connectivity index (χ3v) is 4.95. The molecule has 1 aromatic carbocycles. The minimum Gasteiger partial charge on any atom is -0.478 e. The summed E-state index contributed by atoms with van der Waals surface area (Å²) >= 11 is 0. The third kappa shape index (κ3) is 5.65. The van der Waals surface area contributed by atoms with Crippen molar-refractivity contribution in [1.29, 1.82) is 0 Å². The number of alkyl halides is 3. The number of amides is 2. The second-order valence-electron chi connectivity index (χ2n) is 8.30. The van der Waals surface area contributed by atoms with E-state index >= 15 is 0 Å². The van der Waals surface area contributed by atoms with E-state index in [1.54, 1.807) is 13.8 Å². The molecule has 14 heteroatoms. The molecule has 0 saturated carbocycles. The van der Waals surface area contributed by atoms with Crippen LogP contribution in [0.25, 0.3) is 0 Å². The number of carbonyl (C=O) groups excluding carboxylic acids is 2. The van der Waals surface area contributed by atoms with Crippen LogP contribution in [0.4, 0.5) is 36.3 Å². The Balaban J connectivity index is 1.93. The van der Waals surface area contributed by atoms with E-state index in [-0.39, 0.29) is 34.6 Å². The SMILES string of the molecule is CC(C)C(=O)Nc1nc2c(c(=O)[nH]1)NC(C)(CN(C(=O)C(F)(F)F)c1ccc(C(=O)O)cc1)C=N2. The van der Waals surface area contributed by atoms with Crippen molar-refractivity contribution in [3.8, 4) is 0 Å². The number of rotatable bonds is 6. The fraction of sp³-hybridized carbons (Fsp3) is 0.333. The molecule has 1 unspecified atom stereocenters. The van der Waals surface area contributed by atoms with Crippen LogP contribution < -0.4 is 21.1 Å². The molecule has 35 heavy (non-hydrogen) atoms. The predicted molar refractivity (Wildman–Crippen MR) is 120 cm³/mol. The summed E-state index contributed by atoms with van der Waals surface area (Å²) in [7, 11) is 0. The molecule has 0 fully saturated rings. The van der Waals surface area contributed by atoms with Gasteiger partial charge in [-0.1, -0.05) is 13.8 Å². The largest absolute Gasteiger partial charge is 0.478 e. The van der Waals surface area contributed by atoms with E-state index in [9.17, 15) is 32.3 Å². The molecule has 0 radical (unpaired) electrons. The summed E-state index contributed by atoms with van der Waals surface area (Å²) in [4.78, 5) is 58.6. The van der Waals surface area contributed by atoms with Crippen LogP contribution in [0.1, 0.15) is 31.1 Å². The number of aliphatic imine (C=N–C) groups is 1. The lowest BCUT2D eigenvalue weighted by atomic mass is 10.0. The number of nitrogens with one attached hydrogen (secondary N) is 3. The Morgan fingerprint density at radius 3 is 2.37 bits per heavy atom. The van der Waals surface area contributed by atoms with Crippen LogP contribution in [0.5, 0.6) is 0 Å². The van der Waals surface area contributed by atoms with Gasteiger partial charge in [-0.3, -0.25) is 24.7 Å². The molecule has 4 N–H and O–H groups in total. The monoisotopic (exact) mass is 494 g/mol. The Morgan fingerprint density at radius 2 is 1.83 bits per heavy atom. The van der Waals surface area contributed by atoms with Crippen LogP contribution in [-0.4, -0.2) is 57.3 Å². The summed E-state index contributed by atoms with van der Waals surface area (Å²) in [5.41, 5.74) is -2.74. The molecule has 2 heterocycles. The molecule has 1 aliphatic heterocycles. The quantitative estimate of drug-likeness (QED) is 0.481. The lowest BCUT2D eigenvalue weighted by molar-refractivity contribution is -0.170. The van der Waals surface area contributed by atoms with Crippen molar-refractivity contribution < 1.29 is 32.7 Å². The molecule has 2 amide bonds. The minimum absolute atomic E-state index is 0.107. The van der Waals surface area contributed by atoms with Gasteiger partial charge in [0.15, 0.2) is 5.82 Å². The first-order valence-corrected chi connectivity index (χ1v) is 10.2. The Bertz CT molecular complexity index is 1260. The van der Waals surface area contributed by atoms with Gasteiger partial charge in [0.2, 0.25) is 11.9 Å². The van der Waals surface area contributed by atoms with E-state index < -0.39 is 41.6 Å². The standard InChI is InChI=1S/C21H21F3N6O5/c1-10(2)15(31)27-19-26-14-13(16(32)28-19)29-20(3,8-25-14)9-30(18(35)21(22,23)24)12-6-4-11(5-7-12)17(33)34/h4-8,10,29H,9H2,1-3H3,(H,33,34)(H2,26,27,28,31,32). The Labute approximate surface area is 196 Å². The molecule has 2 aromatic rings. The number of benzene rings is 1.